The maximum Gasteiger partial charge on any atom is 0.219 e. The molecule has 0 heterocycles. The Morgan fingerprint density at radius 2 is 1.30 bits per heavy atom. The molecule has 0 aromatic rings. The van der Waals surface area contributed by atoms with Crippen LogP contribution >= 0.6 is 0 Å². The summed E-state index contributed by atoms with van der Waals surface area (Å²) in [5.41, 5.74) is 5.40. The van der Waals surface area contributed by atoms with E-state index in [-0.39, 0.29) is 5.91 Å². The summed E-state index contributed by atoms with van der Waals surface area (Å²) in [6.45, 7) is 7.65. The van der Waals surface area contributed by atoms with Crippen LogP contribution in [0, 0.1) is 0 Å². The van der Waals surface area contributed by atoms with Crippen molar-refractivity contribution in [2.45, 2.75) is 51.9 Å². The van der Waals surface area contributed by atoms with Crippen LogP contribution in [0.2, 0.25) is 0 Å². The van der Waals surface area contributed by atoms with Crippen LogP contribution in [0.25, 0.3) is 0 Å². The highest BCUT2D eigenvalue weighted by atomic mass is 16.1. The van der Waals surface area contributed by atoms with E-state index in [0.717, 1.165) is 45.7 Å². The molecule has 0 saturated carbocycles. The third kappa shape index (κ3) is 15.4. The Kier molecular flexibility index (Phi) is 15.9. The minimum atomic E-state index is 0.157. The molecule has 5 N–H and O–H groups in total. The third-order valence-electron chi connectivity index (χ3n) is 3.20. The van der Waals surface area contributed by atoms with E-state index >= 15 is 0 Å². The first-order valence-corrected chi connectivity index (χ1v) is 8.19. The summed E-state index contributed by atoms with van der Waals surface area (Å²) < 4.78 is 0. The fraction of sp³-hybridized carbons (Fsp3) is 0.933. The van der Waals surface area contributed by atoms with Crippen LogP contribution in [-0.2, 0) is 4.79 Å². The van der Waals surface area contributed by atoms with Crippen molar-refractivity contribution in [1.29, 1.82) is 0 Å². The molecule has 5 nitrogen and oxygen atoms in total. The van der Waals surface area contributed by atoms with Gasteiger partial charge in [0.05, 0.1) is 0 Å². The van der Waals surface area contributed by atoms with Gasteiger partial charge in [-0.1, -0.05) is 19.8 Å². The lowest BCUT2D eigenvalue weighted by Crippen LogP contribution is -2.24. The number of rotatable bonds is 15. The summed E-state index contributed by atoms with van der Waals surface area (Å²) in [5.74, 6) is 0.157. The van der Waals surface area contributed by atoms with E-state index in [1.54, 1.807) is 0 Å². The fourth-order valence-electron chi connectivity index (χ4n) is 1.93. The molecule has 0 spiro atoms. The van der Waals surface area contributed by atoms with Gasteiger partial charge in [-0.3, -0.25) is 4.79 Å². The van der Waals surface area contributed by atoms with Crippen molar-refractivity contribution in [2.75, 3.05) is 39.3 Å². The molecule has 0 rings (SSSR count). The van der Waals surface area contributed by atoms with Gasteiger partial charge in [-0.2, -0.15) is 0 Å². The average Bonchev–Trinajstić information content (AvgIpc) is 2.47. The lowest BCUT2D eigenvalue weighted by atomic mass is 10.2. The molecular weight excluding hydrogens is 252 g/mol. The second-order valence-electron chi connectivity index (χ2n) is 5.11. The fourth-order valence-corrected chi connectivity index (χ4v) is 1.93. The van der Waals surface area contributed by atoms with Gasteiger partial charge in [0.2, 0.25) is 5.91 Å². The Labute approximate surface area is 124 Å². The van der Waals surface area contributed by atoms with E-state index in [1.807, 2.05) is 6.92 Å². The van der Waals surface area contributed by atoms with Gasteiger partial charge >= 0.3 is 0 Å². The predicted molar refractivity (Wildman–Crippen MR) is 85.8 cm³/mol. The average molecular weight is 286 g/mol. The Balaban J connectivity index is 2.97. The molecule has 120 valence electrons. The lowest BCUT2D eigenvalue weighted by molar-refractivity contribution is -0.120. The normalized spacial score (nSPS) is 10.7. The van der Waals surface area contributed by atoms with Crippen molar-refractivity contribution in [2.24, 2.45) is 5.73 Å². The predicted octanol–water partition coefficient (Wildman–Crippen LogP) is 0.991. The highest BCUT2D eigenvalue weighted by molar-refractivity contribution is 5.75. The van der Waals surface area contributed by atoms with Gasteiger partial charge in [-0.25, -0.2) is 0 Å². The highest BCUT2D eigenvalue weighted by Crippen LogP contribution is 1.95. The monoisotopic (exact) mass is 286 g/mol. The number of amides is 1. The molecule has 0 bridgehead atoms. The molecule has 0 unspecified atom stereocenters. The van der Waals surface area contributed by atoms with E-state index in [1.165, 1.54) is 32.1 Å². The van der Waals surface area contributed by atoms with Crippen LogP contribution < -0.4 is 21.7 Å². The number of unbranched alkanes of at least 4 members (excludes halogenated alkanes) is 4. The quantitative estimate of drug-likeness (QED) is 0.339. The van der Waals surface area contributed by atoms with Gasteiger partial charge in [-0.15, -0.1) is 0 Å². The number of nitrogens with one attached hydrogen (secondary N) is 3. The first-order valence-electron chi connectivity index (χ1n) is 8.19. The zero-order valence-corrected chi connectivity index (χ0v) is 13.2. The number of nitrogens with two attached hydrogens (primary N) is 1. The number of hydrogen-bond acceptors (Lipinski definition) is 4. The molecule has 20 heavy (non-hydrogen) atoms. The van der Waals surface area contributed by atoms with Gasteiger partial charge in [0.15, 0.2) is 0 Å². The zero-order valence-electron chi connectivity index (χ0n) is 13.2. The van der Waals surface area contributed by atoms with Gasteiger partial charge in [-0.05, 0) is 45.3 Å². The van der Waals surface area contributed by atoms with E-state index in [2.05, 4.69) is 16.0 Å². The summed E-state index contributed by atoms with van der Waals surface area (Å²) >= 11 is 0. The van der Waals surface area contributed by atoms with E-state index in [4.69, 9.17) is 5.73 Å². The molecule has 0 atom stereocenters. The lowest BCUT2D eigenvalue weighted by Gasteiger charge is -2.06. The van der Waals surface area contributed by atoms with E-state index in [0.29, 0.717) is 6.42 Å². The molecular formula is C15H34N4O. The van der Waals surface area contributed by atoms with Crippen LogP contribution in [0.4, 0.5) is 0 Å². The maximum absolute atomic E-state index is 11.0. The zero-order chi connectivity index (χ0) is 14.9. The molecule has 0 saturated heterocycles. The second kappa shape index (κ2) is 16.4. The minimum Gasteiger partial charge on any atom is -0.356 e. The molecule has 0 radical (unpaired) electrons. The largest absolute Gasteiger partial charge is 0.356 e. The Hall–Kier alpha value is -0.650. The first kappa shape index (κ1) is 19.4. The van der Waals surface area contributed by atoms with Gasteiger partial charge in [0, 0.05) is 26.1 Å². The minimum absolute atomic E-state index is 0.157. The van der Waals surface area contributed by atoms with Crippen LogP contribution in [0.3, 0.4) is 0 Å². The highest BCUT2D eigenvalue weighted by Gasteiger charge is 1.95. The molecule has 0 aromatic carbocycles. The number of hydrogen-bond donors (Lipinski definition) is 4. The smallest absolute Gasteiger partial charge is 0.219 e. The Bertz CT molecular complexity index is 212. The molecule has 0 fully saturated rings. The second-order valence-corrected chi connectivity index (χ2v) is 5.11. The number of carbonyl (C=O) groups is 1. The topological polar surface area (TPSA) is 79.2 Å². The summed E-state index contributed by atoms with van der Waals surface area (Å²) in [4.78, 5) is 11.0. The third-order valence-corrected chi connectivity index (χ3v) is 3.20. The van der Waals surface area contributed by atoms with Crippen molar-refractivity contribution < 1.29 is 4.79 Å². The Morgan fingerprint density at radius 3 is 1.80 bits per heavy atom. The molecule has 0 aliphatic rings. The van der Waals surface area contributed by atoms with Crippen molar-refractivity contribution >= 4 is 5.91 Å². The van der Waals surface area contributed by atoms with E-state index < -0.39 is 0 Å². The molecule has 0 aliphatic heterocycles. The molecule has 0 aromatic heterocycles. The summed E-state index contributed by atoms with van der Waals surface area (Å²) in [7, 11) is 0. The van der Waals surface area contributed by atoms with E-state index in [9.17, 15) is 4.79 Å². The molecule has 1 amide bonds. The molecule has 0 aliphatic carbocycles. The summed E-state index contributed by atoms with van der Waals surface area (Å²) in [6, 6.07) is 0. The molecule has 5 heteroatoms. The summed E-state index contributed by atoms with van der Waals surface area (Å²) in [5, 5.41) is 9.67. The Morgan fingerprint density at radius 1 is 0.800 bits per heavy atom. The van der Waals surface area contributed by atoms with Gasteiger partial charge in [0.25, 0.3) is 0 Å². The van der Waals surface area contributed by atoms with Crippen LogP contribution in [0.1, 0.15) is 51.9 Å². The maximum atomic E-state index is 11.0. The first-order chi connectivity index (χ1) is 9.81. The van der Waals surface area contributed by atoms with Crippen LogP contribution in [-0.4, -0.2) is 45.2 Å². The standard InChI is InChI=1S/C15H34N4O/c1-2-15(20)19-13-8-4-7-11-17-10-5-3-6-12-18-14-9-16/h17-18H,2-14,16H2,1H3,(H,19,20). The summed E-state index contributed by atoms with van der Waals surface area (Å²) in [6.07, 6.45) is 7.80. The van der Waals surface area contributed by atoms with Crippen LogP contribution in [0.5, 0.6) is 0 Å². The van der Waals surface area contributed by atoms with Crippen LogP contribution in [0.15, 0.2) is 0 Å². The van der Waals surface area contributed by atoms with Crippen molar-refractivity contribution in [1.82, 2.24) is 16.0 Å². The van der Waals surface area contributed by atoms with Crippen molar-refractivity contribution in [3.8, 4) is 0 Å². The van der Waals surface area contributed by atoms with Gasteiger partial charge in [0.1, 0.15) is 0 Å². The van der Waals surface area contributed by atoms with Crippen molar-refractivity contribution in [3.05, 3.63) is 0 Å². The van der Waals surface area contributed by atoms with Gasteiger partial charge < -0.3 is 21.7 Å². The SMILES string of the molecule is CCC(=O)NCCCCCNCCCCCNCCN. The number of carbonyl (C=O) groups excluding carboxylic acids is 1. The van der Waals surface area contributed by atoms with Crippen molar-refractivity contribution in [3.63, 3.8) is 0 Å².